The normalized spacial score (nSPS) is 27.0. The van der Waals surface area contributed by atoms with Crippen molar-refractivity contribution in [2.24, 2.45) is 5.41 Å². The van der Waals surface area contributed by atoms with Crippen molar-refractivity contribution in [1.29, 1.82) is 0 Å². The van der Waals surface area contributed by atoms with E-state index in [-0.39, 0.29) is 23.0 Å². The van der Waals surface area contributed by atoms with Crippen molar-refractivity contribution in [2.45, 2.75) is 45.4 Å². The van der Waals surface area contributed by atoms with Gasteiger partial charge in [-0.15, -0.1) is 0 Å². The molecule has 1 fully saturated rings. The Bertz CT molecular complexity index is 527. The van der Waals surface area contributed by atoms with Crippen LogP contribution in [0.15, 0.2) is 24.3 Å². The van der Waals surface area contributed by atoms with Gasteiger partial charge in [-0.2, -0.15) is 0 Å². The number of rotatable bonds is 5. The summed E-state index contributed by atoms with van der Waals surface area (Å²) in [5, 5.41) is 3.14. The monoisotopic (exact) mass is 291 g/mol. The molecule has 0 aromatic heterocycles. The Hall–Kier alpha value is -1.39. The summed E-state index contributed by atoms with van der Waals surface area (Å²) in [7, 11) is 3.36. The Labute approximate surface area is 126 Å². The van der Waals surface area contributed by atoms with Crippen LogP contribution in [0.2, 0.25) is 0 Å². The molecule has 1 aromatic carbocycles. The van der Waals surface area contributed by atoms with E-state index >= 15 is 0 Å². The molecule has 21 heavy (non-hydrogen) atoms. The van der Waals surface area contributed by atoms with E-state index in [1.807, 2.05) is 24.3 Å². The predicted molar refractivity (Wildman–Crippen MR) is 82.2 cm³/mol. The lowest BCUT2D eigenvalue weighted by molar-refractivity contribution is -0.177. The van der Waals surface area contributed by atoms with Gasteiger partial charge in [-0.05, 0) is 25.0 Å². The van der Waals surface area contributed by atoms with Gasteiger partial charge in [0.1, 0.15) is 0 Å². The largest absolute Gasteiger partial charge is 0.380 e. The summed E-state index contributed by atoms with van der Waals surface area (Å²) in [6.45, 7) is 6.79. The fraction of sp³-hybridized carbons (Fsp3) is 0.588. The smallest absolute Gasteiger partial charge is 0.251 e. The number of hydrogen-bond donors (Lipinski definition) is 1. The van der Waals surface area contributed by atoms with Gasteiger partial charge in [-0.25, -0.2) is 0 Å². The molecule has 0 bridgehead atoms. The first-order valence-corrected chi connectivity index (χ1v) is 7.28. The average molecular weight is 291 g/mol. The number of methoxy groups -OCH3 is 2. The third-order valence-electron chi connectivity index (χ3n) is 5.15. The van der Waals surface area contributed by atoms with Crippen LogP contribution < -0.4 is 5.32 Å². The molecule has 4 heteroatoms. The molecule has 0 spiro atoms. The molecule has 2 rings (SSSR count). The summed E-state index contributed by atoms with van der Waals surface area (Å²) < 4.78 is 10.8. The van der Waals surface area contributed by atoms with E-state index < -0.39 is 0 Å². The zero-order valence-electron chi connectivity index (χ0n) is 13.5. The third kappa shape index (κ3) is 2.70. The fourth-order valence-corrected chi connectivity index (χ4v) is 2.98. The quantitative estimate of drug-likeness (QED) is 0.907. The van der Waals surface area contributed by atoms with Crippen molar-refractivity contribution in [1.82, 2.24) is 5.32 Å². The van der Waals surface area contributed by atoms with Crippen LogP contribution in [0.5, 0.6) is 0 Å². The van der Waals surface area contributed by atoms with Crippen molar-refractivity contribution in [3.8, 4) is 0 Å². The maximum absolute atomic E-state index is 12.5. The van der Waals surface area contributed by atoms with Gasteiger partial charge >= 0.3 is 0 Å². The van der Waals surface area contributed by atoms with Crippen LogP contribution >= 0.6 is 0 Å². The van der Waals surface area contributed by atoms with Crippen LogP contribution in [0.4, 0.5) is 0 Å². The highest BCUT2D eigenvalue weighted by molar-refractivity contribution is 5.96. The molecular weight excluding hydrogens is 266 g/mol. The topological polar surface area (TPSA) is 47.6 Å². The summed E-state index contributed by atoms with van der Waals surface area (Å²) in [4.78, 5) is 12.5. The van der Waals surface area contributed by atoms with E-state index in [1.165, 1.54) is 0 Å². The SMILES string of the molecule is COCc1ccccc1C(=O)N[C@@H]1C[C@@](C)(OC)C1(C)C. The van der Waals surface area contributed by atoms with Crippen LogP contribution in [0.1, 0.15) is 43.1 Å². The van der Waals surface area contributed by atoms with Crippen LogP contribution in [0.3, 0.4) is 0 Å². The van der Waals surface area contributed by atoms with Crippen molar-refractivity contribution >= 4 is 5.91 Å². The zero-order valence-corrected chi connectivity index (χ0v) is 13.5. The van der Waals surface area contributed by atoms with E-state index in [4.69, 9.17) is 9.47 Å². The van der Waals surface area contributed by atoms with Crippen LogP contribution in [0.25, 0.3) is 0 Å². The van der Waals surface area contributed by atoms with E-state index in [9.17, 15) is 4.79 Å². The molecule has 1 N–H and O–H groups in total. The van der Waals surface area contributed by atoms with E-state index in [2.05, 4.69) is 26.1 Å². The number of benzene rings is 1. The summed E-state index contributed by atoms with van der Waals surface area (Å²) >= 11 is 0. The molecule has 0 radical (unpaired) electrons. The zero-order chi connectivity index (χ0) is 15.7. The predicted octanol–water partition coefficient (Wildman–Crippen LogP) is 2.77. The maximum atomic E-state index is 12.5. The van der Waals surface area contributed by atoms with Gasteiger partial charge in [0, 0.05) is 31.2 Å². The Balaban J connectivity index is 2.10. The molecule has 1 aliphatic rings. The van der Waals surface area contributed by atoms with Crippen LogP contribution in [-0.2, 0) is 16.1 Å². The van der Waals surface area contributed by atoms with Crippen molar-refractivity contribution in [2.75, 3.05) is 14.2 Å². The molecule has 1 aromatic rings. The van der Waals surface area contributed by atoms with Crippen molar-refractivity contribution < 1.29 is 14.3 Å². The molecule has 1 aliphatic carbocycles. The lowest BCUT2D eigenvalue weighted by atomic mass is 9.56. The molecule has 0 heterocycles. The van der Waals surface area contributed by atoms with Gasteiger partial charge in [0.2, 0.25) is 0 Å². The molecule has 0 unspecified atom stereocenters. The molecule has 1 amide bonds. The Morgan fingerprint density at radius 2 is 1.95 bits per heavy atom. The van der Waals surface area contributed by atoms with Gasteiger partial charge < -0.3 is 14.8 Å². The minimum atomic E-state index is -0.184. The lowest BCUT2D eigenvalue weighted by Gasteiger charge is -2.59. The Morgan fingerprint density at radius 1 is 1.29 bits per heavy atom. The highest BCUT2D eigenvalue weighted by atomic mass is 16.5. The van der Waals surface area contributed by atoms with Gasteiger partial charge in [-0.3, -0.25) is 4.79 Å². The van der Waals surface area contributed by atoms with Gasteiger partial charge in [0.15, 0.2) is 0 Å². The van der Waals surface area contributed by atoms with Crippen LogP contribution in [-0.4, -0.2) is 31.8 Å². The van der Waals surface area contributed by atoms with Crippen molar-refractivity contribution in [3.63, 3.8) is 0 Å². The van der Waals surface area contributed by atoms with E-state index in [0.717, 1.165) is 12.0 Å². The van der Waals surface area contributed by atoms with Gasteiger partial charge in [0.05, 0.1) is 12.2 Å². The molecule has 0 saturated heterocycles. The van der Waals surface area contributed by atoms with Gasteiger partial charge in [0.25, 0.3) is 5.91 Å². The first kappa shape index (κ1) is 16.0. The summed E-state index contributed by atoms with van der Waals surface area (Å²) in [6, 6.07) is 7.67. The lowest BCUT2D eigenvalue weighted by Crippen LogP contribution is -2.68. The maximum Gasteiger partial charge on any atom is 0.251 e. The van der Waals surface area contributed by atoms with E-state index in [1.54, 1.807) is 14.2 Å². The number of amides is 1. The summed E-state index contributed by atoms with van der Waals surface area (Å²) in [5.74, 6) is -0.0427. The standard InChI is InChI=1S/C17H25NO3/c1-16(2)14(10-17(16,3)21-5)18-15(19)13-9-7-6-8-12(13)11-20-4/h6-9,14H,10-11H2,1-5H3,(H,18,19)/t14-,17-/m1/s1. The minimum Gasteiger partial charge on any atom is -0.380 e. The Kier molecular flexibility index (Phi) is 4.40. The van der Waals surface area contributed by atoms with Gasteiger partial charge in [-0.1, -0.05) is 32.0 Å². The number of hydrogen-bond acceptors (Lipinski definition) is 3. The second-order valence-electron chi connectivity index (χ2n) is 6.48. The third-order valence-corrected chi connectivity index (χ3v) is 5.15. The molecule has 1 saturated carbocycles. The number of carbonyl (C=O) groups excluding carboxylic acids is 1. The summed E-state index contributed by atoms with van der Waals surface area (Å²) in [5.41, 5.74) is 1.32. The molecule has 4 nitrogen and oxygen atoms in total. The fourth-order valence-electron chi connectivity index (χ4n) is 2.98. The highest BCUT2D eigenvalue weighted by Crippen LogP contribution is 2.51. The molecule has 116 valence electrons. The average Bonchev–Trinajstić information content (AvgIpc) is 2.47. The molecular formula is C17H25NO3. The second-order valence-corrected chi connectivity index (χ2v) is 6.48. The summed E-state index contributed by atoms with van der Waals surface area (Å²) in [6.07, 6.45) is 0.828. The number of carbonyl (C=O) groups is 1. The highest BCUT2D eigenvalue weighted by Gasteiger charge is 2.58. The van der Waals surface area contributed by atoms with Crippen molar-refractivity contribution in [3.05, 3.63) is 35.4 Å². The van der Waals surface area contributed by atoms with E-state index in [0.29, 0.717) is 12.2 Å². The Morgan fingerprint density at radius 3 is 2.52 bits per heavy atom. The molecule has 0 aliphatic heterocycles. The first-order valence-electron chi connectivity index (χ1n) is 7.28. The minimum absolute atomic E-state index is 0.0427. The first-order chi connectivity index (χ1) is 9.85. The number of nitrogens with one attached hydrogen (secondary N) is 1. The molecule has 2 atom stereocenters. The number of ether oxygens (including phenoxy) is 2. The van der Waals surface area contributed by atoms with Crippen LogP contribution in [0, 0.1) is 5.41 Å². The second kappa shape index (κ2) is 5.78.